The number of nitrogens with one attached hydrogen (secondary N) is 1. The first-order valence-corrected chi connectivity index (χ1v) is 7.13. The first-order chi connectivity index (χ1) is 9.86. The number of carbonyl (C=O) groups is 2. The minimum Gasteiger partial charge on any atom is -0.465 e. The number of carbonyl (C=O) groups excluding carboxylic acids is 2. The Balaban J connectivity index is 2.60. The third-order valence-electron chi connectivity index (χ3n) is 2.42. The predicted molar refractivity (Wildman–Crippen MR) is 73.5 cm³/mol. The zero-order chi connectivity index (χ0) is 16.0. The monoisotopic (exact) mass is 321 g/mol. The second-order valence-corrected chi connectivity index (χ2v) is 5.30. The molecule has 0 bridgehead atoms. The van der Waals surface area contributed by atoms with Gasteiger partial charge in [0.05, 0.1) is 23.3 Å². The van der Waals surface area contributed by atoms with Gasteiger partial charge in [-0.05, 0) is 26.0 Å². The number of halogens is 3. The molecule has 0 aromatic heterocycles. The van der Waals surface area contributed by atoms with Gasteiger partial charge in [-0.25, -0.2) is 13.2 Å². The third kappa shape index (κ3) is 4.96. The lowest BCUT2D eigenvalue weighted by Crippen LogP contribution is -2.24. The molecule has 0 spiro atoms. The minimum atomic E-state index is -1.65. The van der Waals surface area contributed by atoms with E-state index in [-0.39, 0.29) is 12.4 Å². The van der Waals surface area contributed by atoms with E-state index in [1.807, 2.05) is 0 Å². The molecule has 0 aliphatic rings. The van der Waals surface area contributed by atoms with Crippen LogP contribution in [0.3, 0.4) is 0 Å². The summed E-state index contributed by atoms with van der Waals surface area (Å²) >= 11 is 0.988. The van der Waals surface area contributed by atoms with Crippen LogP contribution in [0.15, 0.2) is 12.1 Å². The summed E-state index contributed by atoms with van der Waals surface area (Å²) in [7, 11) is 0. The van der Waals surface area contributed by atoms with E-state index in [0.717, 1.165) is 17.8 Å². The van der Waals surface area contributed by atoms with E-state index in [4.69, 9.17) is 4.74 Å². The van der Waals surface area contributed by atoms with Crippen molar-refractivity contribution < 1.29 is 27.5 Å². The molecule has 0 saturated heterocycles. The van der Waals surface area contributed by atoms with Crippen LogP contribution >= 0.6 is 11.8 Å². The van der Waals surface area contributed by atoms with Crippen LogP contribution in [0.4, 0.5) is 18.9 Å². The maximum atomic E-state index is 13.4. The van der Waals surface area contributed by atoms with Gasteiger partial charge in [-0.1, -0.05) is 0 Å². The topological polar surface area (TPSA) is 55.4 Å². The van der Waals surface area contributed by atoms with Gasteiger partial charge in [0.15, 0.2) is 17.5 Å². The molecule has 0 unspecified atom stereocenters. The zero-order valence-corrected chi connectivity index (χ0v) is 12.2. The molecule has 21 heavy (non-hydrogen) atoms. The summed E-state index contributed by atoms with van der Waals surface area (Å²) in [4.78, 5) is 22.9. The number of thioether (sulfide) groups is 1. The Morgan fingerprint density at radius 3 is 2.57 bits per heavy atom. The van der Waals surface area contributed by atoms with Gasteiger partial charge >= 0.3 is 5.97 Å². The maximum Gasteiger partial charge on any atom is 0.315 e. The molecule has 116 valence electrons. The highest BCUT2D eigenvalue weighted by Gasteiger charge is 2.19. The standard InChI is InChI=1S/C13H14F3NO3S/c1-3-20-10(18)6-21-7(2)13(19)17-9-5-4-8(14)11(15)12(9)16/h4-5,7H,3,6H2,1-2H3,(H,17,19)/t7-/m0/s1. The SMILES string of the molecule is CCOC(=O)CS[C@@H](C)C(=O)Nc1ccc(F)c(F)c1F. The van der Waals surface area contributed by atoms with Gasteiger partial charge in [0.2, 0.25) is 5.91 Å². The van der Waals surface area contributed by atoms with E-state index < -0.39 is 40.3 Å². The van der Waals surface area contributed by atoms with E-state index in [1.54, 1.807) is 6.92 Å². The fraction of sp³-hybridized carbons (Fsp3) is 0.385. The summed E-state index contributed by atoms with van der Waals surface area (Å²) in [6.07, 6.45) is 0. The molecule has 1 atom stereocenters. The molecular formula is C13H14F3NO3S. The lowest BCUT2D eigenvalue weighted by Gasteiger charge is -2.12. The number of hydrogen-bond donors (Lipinski definition) is 1. The smallest absolute Gasteiger partial charge is 0.315 e. The number of hydrogen-bond acceptors (Lipinski definition) is 4. The fourth-order valence-electron chi connectivity index (χ4n) is 1.33. The predicted octanol–water partition coefficient (Wildman–Crippen LogP) is 2.73. The van der Waals surface area contributed by atoms with Crippen molar-refractivity contribution in [2.45, 2.75) is 19.1 Å². The summed E-state index contributed by atoms with van der Waals surface area (Å²) < 4.78 is 43.9. The number of rotatable bonds is 6. The second kappa shape index (κ2) is 7.92. The Kier molecular flexibility index (Phi) is 6.54. The van der Waals surface area contributed by atoms with Crippen molar-refractivity contribution >= 4 is 29.3 Å². The van der Waals surface area contributed by atoms with Gasteiger partial charge in [0, 0.05) is 0 Å². The van der Waals surface area contributed by atoms with Crippen molar-refractivity contribution in [2.24, 2.45) is 0 Å². The van der Waals surface area contributed by atoms with Gasteiger partial charge < -0.3 is 10.1 Å². The highest BCUT2D eigenvalue weighted by Crippen LogP contribution is 2.21. The maximum absolute atomic E-state index is 13.4. The molecule has 0 aliphatic carbocycles. The van der Waals surface area contributed by atoms with Crippen LogP contribution in [0.5, 0.6) is 0 Å². The average molecular weight is 321 g/mol. The number of benzene rings is 1. The molecule has 1 rings (SSSR count). The van der Waals surface area contributed by atoms with Gasteiger partial charge in [-0.3, -0.25) is 9.59 Å². The Labute approximate surface area is 124 Å². The molecule has 4 nitrogen and oxygen atoms in total. The van der Waals surface area contributed by atoms with Crippen LogP contribution in [0.1, 0.15) is 13.8 Å². The minimum absolute atomic E-state index is 0.0390. The normalized spacial score (nSPS) is 11.9. The van der Waals surface area contributed by atoms with Crippen molar-refractivity contribution in [3.63, 3.8) is 0 Å². The molecule has 0 fully saturated rings. The molecule has 0 radical (unpaired) electrons. The third-order valence-corrected chi connectivity index (χ3v) is 3.54. The fourth-order valence-corrected chi connectivity index (χ4v) is 2.01. The molecule has 1 N–H and O–H groups in total. The molecule has 8 heteroatoms. The second-order valence-electron chi connectivity index (χ2n) is 3.97. The van der Waals surface area contributed by atoms with Crippen molar-refractivity contribution in [2.75, 3.05) is 17.7 Å². The van der Waals surface area contributed by atoms with E-state index in [2.05, 4.69) is 5.32 Å². The van der Waals surface area contributed by atoms with Gasteiger partial charge in [0.1, 0.15) is 0 Å². The van der Waals surface area contributed by atoms with E-state index in [9.17, 15) is 22.8 Å². The van der Waals surface area contributed by atoms with Crippen molar-refractivity contribution in [1.29, 1.82) is 0 Å². The highest BCUT2D eigenvalue weighted by molar-refractivity contribution is 8.01. The number of amides is 1. The first kappa shape index (κ1) is 17.4. The Hall–Kier alpha value is -1.70. The van der Waals surface area contributed by atoms with E-state index in [1.165, 1.54) is 6.92 Å². The van der Waals surface area contributed by atoms with Gasteiger partial charge in [-0.2, -0.15) is 0 Å². The van der Waals surface area contributed by atoms with E-state index >= 15 is 0 Å². The van der Waals surface area contributed by atoms with Crippen molar-refractivity contribution in [3.8, 4) is 0 Å². The van der Waals surface area contributed by atoms with E-state index in [0.29, 0.717) is 6.07 Å². The molecule has 0 heterocycles. The summed E-state index contributed by atoms with van der Waals surface area (Å²) in [5.74, 6) is -5.60. The number of ether oxygens (including phenoxy) is 1. The lowest BCUT2D eigenvalue weighted by molar-refractivity contribution is -0.139. The van der Waals surface area contributed by atoms with Crippen molar-refractivity contribution in [1.82, 2.24) is 0 Å². The Morgan fingerprint density at radius 2 is 1.95 bits per heavy atom. The van der Waals surface area contributed by atoms with Crippen LogP contribution in [-0.2, 0) is 14.3 Å². The first-order valence-electron chi connectivity index (χ1n) is 6.08. The molecule has 1 aromatic carbocycles. The lowest BCUT2D eigenvalue weighted by atomic mass is 10.2. The Bertz CT molecular complexity index is 540. The molecule has 1 amide bonds. The van der Waals surface area contributed by atoms with Crippen LogP contribution < -0.4 is 5.32 Å². The average Bonchev–Trinajstić information content (AvgIpc) is 2.45. The van der Waals surface area contributed by atoms with Crippen LogP contribution in [-0.4, -0.2) is 29.5 Å². The summed E-state index contributed by atoms with van der Waals surface area (Å²) in [6, 6.07) is 1.64. The summed E-state index contributed by atoms with van der Waals surface area (Å²) in [6.45, 7) is 3.39. The molecule has 0 saturated carbocycles. The quantitative estimate of drug-likeness (QED) is 0.646. The highest BCUT2D eigenvalue weighted by atomic mass is 32.2. The zero-order valence-electron chi connectivity index (χ0n) is 11.4. The summed E-state index contributed by atoms with van der Waals surface area (Å²) in [5, 5.41) is 1.45. The van der Waals surface area contributed by atoms with Crippen LogP contribution in [0.25, 0.3) is 0 Å². The van der Waals surface area contributed by atoms with Crippen LogP contribution in [0.2, 0.25) is 0 Å². The summed E-state index contributed by atoms with van der Waals surface area (Å²) in [5.41, 5.74) is -0.456. The van der Waals surface area contributed by atoms with Gasteiger partial charge in [0.25, 0.3) is 0 Å². The molecular weight excluding hydrogens is 307 g/mol. The van der Waals surface area contributed by atoms with Crippen LogP contribution in [0, 0.1) is 17.5 Å². The van der Waals surface area contributed by atoms with Gasteiger partial charge in [-0.15, -0.1) is 11.8 Å². The van der Waals surface area contributed by atoms with Crippen molar-refractivity contribution in [3.05, 3.63) is 29.6 Å². The number of esters is 1. The number of anilines is 1. The molecule has 1 aromatic rings. The Morgan fingerprint density at radius 1 is 1.29 bits per heavy atom. The largest absolute Gasteiger partial charge is 0.465 e. The molecule has 0 aliphatic heterocycles.